The van der Waals surface area contributed by atoms with Crippen molar-refractivity contribution in [1.82, 2.24) is 4.98 Å². The molecule has 0 saturated carbocycles. The molecule has 1 aliphatic heterocycles. The molecule has 0 fully saturated rings. The summed E-state index contributed by atoms with van der Waals surface area (Å²) in [6.07, 6.45) is 3.55. The van der Waals surface area contributed by atoms with Gasteiger partial charge in [0.15, 0.2) is 11.6 Å². The molecule has 7 nitrogen and oxygen atoms in total. The Morgan fingerprint density at radius 3 is 2.57 bits per heavy atom. The minimum absolute atomic E-state index is 0.0634. The smallest absolute Gasteiger partial charge is 0.286 e. The molecule has 8 heteroatoms. The number of amidine groups is 1. The van der Waals surface area contributed by atoms with Gasteiger partial charge in [-0.25, -0.2) is 4.98 Å². The largest absolute Gasteiger partial charge is 0.448 e. The zero-order valence-electron chi connectivity index (χ0n) is 14.8. The first-order valence-electron chi connectivity index (χ1n) is 8.73. The summed E-state index contributed by atoms with van der Waals surface area (Å²) in [5, 5.41) is 2.83. The molecule has 142 valence electrons. The number of oxazole rings is 1. The van der Waals surface area contributed by atoms with Crippen molar-refractivity contribution in [2.24, 2.45) is 4.40 Å². The third-order valence-electron chi connectivity index (χ3n) is 4.51. The third kappa shape index (κ3) is 3.59. The van der Waals surface area contributed by atoms with Crippen molar-refractivity contribution in [3.05, 3.63) is 78.5 Å². The van der Waals surface area contributed by atoms with Gasteiger partial charge in [0.2, 0.25) is 5.89 Å². The van der Waals surface area contributed by atoms with E-state index in [2.05, 4.69) is 14.7 Å². The number of para-hydroxylation sites is 1. The predicted molar refractivity (Wildman–Crippen MR) is 104 cm³/mol. The zero-order chi connectivity index (χ0) is 19.6. The number of ketones is 1. The predicted octanol–water partition coefficient (Wildman–Crippen LogP) is 3.37. The van der Waals surface area contributed by atoms with Gasteiger partial charge in [0.05, 0.1) is 17.8 Å². The molecule has 1 atom stereocenters. The second-order valence-electron chi connectivity index (χ2n) is 6.33. The number of nitrogens with zero attached hydrogens (tertiary/aromatic N) is 2. The molecule has 0 spiro atoms. The SMILES string of the molecule is O=C(CCC(c1ccccc1)c1ncco1)C1=NS(=O)(=O)c2ccccc2N1. The van der Waals surface area contributed by atoms with Crippen molar-refractivity contribution in [3.8, 4) is 0 Å². The maximum Gasteiger partial charge on any atom is 0.286 e. The van der Waals surface area contributed by atoms with Crippen LogP contribution in [-0.2, 0) is 14.8 Å². The van der Waals surface area contributed by atoms with Crippen molar-refractivity contribution in [3.63, 3.8) is 0 Å². The molecule has 0 aliphatic carbocycles. The first kappa shape index (κ1) is 18.1. The number of sulfonamides is 1. The lowest BCUT2D eigenvalue weighted by Gasteiger charge is -2.18. The highest BCUT2D eigenvalue weighted by Gasteiger charge is 2.28. The molecule has 28 heavy (non-hydrogen) atoms. The van der Waals surface area contributed by atoms with Crippen LogP contribution in [0.1, 0.15) is 30.2 Å². The number of hydrogen-bond acceptors (Lipinski definition) is 6. The number of hydrogen-bond donors (Lipinski definition) is 1. The Bertz CT molecular complexity index is 1120. The maximum absolute atomic E-state index is 12.7. The monoisotopic (exact) mass is 395 g/mol. The quantitative estimate of drug-likeness (QED) is 0.687. The van der Waals surface area contributed by atoms with E-state index in [1.165, 1.54) is 12.3 Å². The molecular formula is C20H17N3O4S. The Hall–Kier alpha value is -3.26. The molecule has 2 heterocycles. The topological polar surface area (TPSA) is 102 Å². The Kier molecular flexibility index (Phi) is 4.79. The fourth-order valence-electron chi connectivity index (χ4n) is 3.15. The molecule has 2 aromatic carbocycles. The average Bonchev–Trinajstić information content (AvgIpc) is 3.23. The summed E-state index contributed by atoms with van der Waals surface area (Å²) in [7, 11) is -3.90. The number of anilines is 1. The molecule has 4 rings (SSSR count). The van der Waals surface area contributed by atoms with Crippen LogP contribution in [0.4, 0.5) is 5.69 Å². The normalized spacial score (nSPS) is 15.8. The van der Waals surface area contributed by atoms with Gasteiger partial charge in [-0.1, -0.05) is 42.5 Å². The van der Waals surface area contributed by atoms with Crippen LogP contribution in [0.25, 0.3) is 0 Å². The van der Waals surface area contributed by atoms with E-state index < -0.39 is 10.0 Å². The molecule has 1 aromatic heterocycles. The lowest BCUT2D eigenvalue weighted by atomic mass is 9.93. The van der Waals surface area contributed by atoms with Crippen molar-refractivity contribution >= 4 is 27.3 Å². The molecule has 1 aliphatic rings. The van der Waals surface area contributed by atoms with Gasteiger partial charge < -0.3 is 9.73 Å². The van der Waals surface area contributed by atoms with E-state index >= 15 is 0 Å². The van der Waals surface area contributed by atoms with E-state index in [0.29, 0.717) is 18.0 Å². The summed E-state index contributed by atoms with van der Waals surface area (Å²) in [5.41, 5.74) is 1.32. The lowest BCUT2D eigenvalue weighted by Crippen LogP contribution is -2.29. The van der Waals surface area contributed by atoms with Gasteiger partial charge in [-0.05, 0) is 24.1 Å². The van der Waals surface area contributed by atoms with Crippen LogP contribution in [0.3, 0.4) is 0 Å². The minimum atomic E-state index is -3.90. The van der Waals surface area contributed by atoms with Crippen LogP contribution in [0, 0.1) is 0 Å². The molecule has 0 bridgehead atoms. The highest BCUT2D eigenvalue weighted by molar-refractivity contribution is 7.90. The van der Waals surface area contributed by atoms with Crippen LogP contribution in [-0.4, -0.2) is 25.0 Å². The second kappa shape index (κ2) is 7.40. The standard InChI is InChI=1S/C20H17N3O4S/c24-17(19-22-16-8-4-5-9-18(16)28(25,26)23-19)11-10-15(20-21-12-13-27-20)14-6-2-1-3-7-14/h1-9,12-13,15H,10-11H2,(H,22,23). The van der Waals surface area contributed by atoms with Crippen molar-refractivity contribution in [2.75, 3.05) is 5.32 Å². The summed E-state index contributed by atoms with van der Waals surface area (Å²) < 4.78 is 33.8. The van der Waals surface area contributed by atoms with Crippen molar-refractivity contribution < 1.29 is 17.6 Å². The molecule has 0 radical (unpaired) electrons. The van der Waals surface area contributed by atoms with Crippen LogP contribution < -0.4 is 5.32 Å². The summed E-state index contributed by atoms with van der Waals surface area (Å²) >= 11 is 0. The Balaban J connectivity index is 1.54. The molecular weight excluding hydrogens is 378 g/mol. The number of Topliss-reactive ketones (excluding diaryl/α,β-unsaturated/α-hetero) is 1. The van der Waals surface area contributed by atoms with Crippen LogP contribution >= 0.6 is 0 Å². The Labute approximate surface area is 162 Å². The number of nitrogens with one attached hydrogen (secondary N) is 1. The van der Waals surface area contributed by atoms with Gasteiger partial charge in [-0.2, -0.15) is 8.42 Å². The highest BCUT2D eigenvalue weighted by atomic mass is 32.2. The van der Waals surface area contributed by atoms with E-state index in [1.807, 2.05) is 30.3 Å². The molecule has 3 aromatic rings. The molecule has 1 N–H and O–H groups in total. The van der Waals surface area contributed by atoms with Gasteiger partial charge in [-0.3, -0.25) is 4.79 Å². The summed E-state index contributed by atoms with van der Waals surface area (Å²) in [4.78, 5) is 17.0. The number of carbonyl (C=O) groups is 1. The molecule has 1 unspecified atom stereocenters. The second-order valence-corrected chi connectivity index (χ2v) is 7.90. The van der Waals surface area contributed by atoms with E-state index in [9.17, 15) is 13.2 Å². The van der Waals surface area contributed by atoms with Gasteiger partial charge in [0, 0.05) is 6.42 Å². The van der Waals surface area contributed by atoms with Crippen molar-refractivity contribution in [1.29, 1.82) is 0 Å². The Morgan fingerprint density at radius 1 is 1.07 bits per heavy atom. The van der Waals surface area contributed by atoms with E-state index in [0.717, 1.165) is 5.56 Å². The zero-order valence-corrected chi connectivity index (χ0v) is 15.6. The highest BCUT2D eigenvalue weighted by Crippen LogP contribution is 2.30. The third-order valence-corrected chi connectivity index (χ3v) is 5.84. The number of fused-ring (bicyclic) bond motifs is 1. The fraction of sp³-hybridized carbons (Fsp3) is 0.150. The van der Waals surface area contributed by atoms with Crippen molar-refractivity contribution in [2.45, 2.75) is 23.7 Å². The maximum atomic E-state index is 12.7. The number of aromatic nitrogens is 1. The fourth-order valence-corrected chi connectivity index (χ4v) is 4.29. The number of rotatable bonds is 6. The van der Waals surface area contributed by atoms with Gasteiger partial charge >= 0.3 is 0 Å². The van der Waals surface area contributed by atoms with Gasteiger partial charge in [0.1, 0.15) is 11.2 Å². The van der Waals surface area contributed by atoms with Gasteiger partial charge in [0.25, 0.3) is 10.0 Å². The Morgan fingerprint density at radius 2 is 1.82 bits per heavy atom. The van der Waals surface area contributed by atoms with Crippen LogP contribution in [0.15, 0.2) is 80.8 Å². The first-order valence-corrected chi connectivity index (χ1v) is 10.2. The van der Waals surface area contributed by atoms with Gasteiger partial charge in [-0.15, -0.1) is 4.40 Å². The number of benzene rings is 2. The van der Waals surface area contributed by atoms with E-state index in [-0.39, 0.29) is 28.9 Å². The minimum Gasteiger partial charge on any atom is -0.448 e. The summed E-state index contributed by atoms with van der Waals surface area (Å²) in [6, 6.07) is 16.0. The van der Waals surface area contributed by atoms with E-state index in [4.69, 9.17) is 4.42 Å². The summed E-state index contributed by atoms with van der Waals surface area (Å²) in [6.45, 7) is 0. The molecule has 0 amide bonds. The number of carbonyl (C=O) groups excluding carboxylic acids is 1. The first-order chi connectivity index (χ1) is 13.5. The van der Waals surface area contributed by atoms with E-state index in [1.54, 1.807) is 24.4 Å². The summed E-state index contributed by atoms with van der Waals surface area (Å²) in [5.74, 6) is -0.257. The van der Waals surface area contributed by atoms with Crippen LogP contribution in [0.5, 0.6) is 0 Å². The average molecular weight is 395 g/mol. The lowest BCUT2D eigenvalue weighted by molar-refractivity contribution is -0.113. The van der Waals surface area contributed by atoms with Crippen LogP contribution in [0.2, 0.25) is 0 Å². The molecule has 0 saturated heterocycles.